The predicted octanol–water partition coefficient (Wildman–Crippen LogP) is 3.72. The molecule has 2 aliphatic carbocycles. The van der Waals surface area contributed by atoms with Crippen LogP contribution >= 0.6 is 15.9 Å². The van der Waals surface area contributed by atoms with Gasteiger partial charge in [-0.15, -0.1) is 0 Å². The molecule has 2 unspecified atom stereocenters. The molecule has 0 radical (unpaired) electrons. The Morgan fingerprint density at radius 2 is 1.83 bits per heavy atom. The SMILES string of the molecule is C[Si](C)(C)C1=C(Br)C2C=CC1C2. The van der Waals surface area contributed by atoms with E-state index in [1.165, 1.54) is 10.9 Å². The maximum atomic E-state index is 3.76. The molecule has 0 fully saturated rings. The van der Waals surface area contributed by atoms with Gasteiger partial charge in [-0.1, -0.05) is 52.9 Å². The summed E-state index contributed by atoms with van der Waals surface area (Å²) in [5, 5.41) is 1.76. The smallest absolute Gasteiger partial charge is 0.0742 e. The largest absolute Gasteiger partial charge is 0.0810 e. The quantitative estimate of drug-likeness (QED) is 0.486. The Hall–Kier alpha value is 0.177. The van der Waals surface area contributed by atoms with Crippen LogP contribution in [0.2, 0.25) is 19.6 Å². The summed E-state index contributed by atoms with van der Waals surface area (Å²) >= 11 is 3.76. The maximum Gasteiger partial charge on any atom is 0.0742 e. The first-order chi connectivity index (χ1) is 5.50. The number of hydrogen-bond donors (Lipinski definition) is 0. The summed E-state index contributed by atoms with van der Waals surface area (Å²) < 4.78 is 1.52. The summed E-state index contributed by atoms with van der Waals surface area (Å²) in [4.78, 5) is 0. The van der Waals surface area contributed by atoms with Crippen LogP contribution in [0.15, 0.2) is 21.8 Å². The molecule has 2 atom stereocenters. The summed E-state index contributed by atoms with van der Waals surface area (Å²) in [7, 11) is -1.06. The van der Waals surface area contributed by atoms with Crippen molar-refractivity contribution in [3.63, 3.8) is 0 Å². The minimum atomic E-state index is -1.06. The van der Waals surface area contributed by atoms with Gasteiger partial charge in [-0.05, 0) is 16.8 Å². The topological polar surface area (TPSA) is 0 Å². The van der Waals surface area contributed by atoms with Crippen LogP contribution in [0.3, 0.4) is 0 Å². The van der Waals surface area contributed by atoms with Gasteiger partial charge < -0.3 is 0 Å². The van der Waals surface area contributed by atoms with E-state index >= 15 is 0 Å². The van der Waals surface area contributed by atoms with Crippen molar-refractivity contribution < 1.29 is 0 Å². The Kier molecular flexibility index (Phi) is 1.88. The second kappa shape index (κ2) is 2.58. The molecular formula is C10H15BrSi. The molecule has 0 aromatic rings. The van der Waals surface area contributed by atoms with Gasteiger partial charge in [0.1, 0.15) is 0 Å². The summed E-state index contributed by atoms with van der Waals surface area (Å²) in [6, 6.07) is 0. The molecular weight excluding hydrogens is 228 g/mol. The third kappa shape index (κ3) is 1.16. The van der Waals surface area contributed by atoms with Crippen LogP contribution in [0.4, 0.5) is 0 Å². The Labute approximate surface area is 83.9 Å². The van der Waals surface area contributed by atoms with Gasteiger partial charge in [0, 0.05) is 5.92 Å². The van der Waals surface area contributed by atoms with Crippen molar-refractivity contribution in [1.82, 2.24) is 0 Å². The summed E-state index contributed by atoms with van der Waals surface area (Å²) in [6.45, 7) is 7.33. The zero-order valence-electron chi connectivity index (χ0n) is 7.89. The lowest BCUT2D eigenvalue weighted by molar-refractivity contribution is 0.722. The molecule has 0 heterocycles. The van der Waals surface area contributed by atoms with Crippen molar-refractivity contribution in [2.24, 2.45) is 11.8 Å². The van der Waals surface area contributed by atoms with Crippen LogP contribution in [-0.2, 0) is 0 Å². The minimum Gasteiger partial charge on any atom is -0.0810 e. The predicted molar refractivity (Wildman–Crippen MR) is 60.0 cm³/mol. The molecule has 2 aliphatic rings. The van der Waals surface area contributed by atoms with E-state index < -0.39 is 8.07 Å². The fraction of sp³-hybridized carbons (Fsp3) is 0.600. The Morgan fingerprint density at radius 3 is 2.17 bits per heavy atom. The molecule has 0 N–H and O–H groups in total. The first kappa shape index (κ1) is 8.76. The second-order valence-electron chi connectivity index (χ2n) is 4.85. The van der Waals surface area contributed by atoms with Gasteiger partial charge in [-0.2, -0.15) is 0 Å². The lowest BCUT2D eigenvalue weighted by atomic mass is 10.2. The van der Waals surface area contributed by atoms with Crippen molar-refractivity contribution >= 4 is 24.0 Å². The van der Waals surface area contributed by atoms with Crippen LogP contribution in [0, 0.1) is 11.8 Å². The lowest BCUT2D eigenvalue weighted by Crippen LogP contribution is -2.27. The minimum absolute atomic E-state index is 0.733. The van der Waals surface area contributed by atoms with Crippen molar-refractivity contribution in [3.8, 4) is 0 Å². The van der Waals surface area contributed by atoms with Gasteiger partial charge >= 0.3 is 0 Å². The standard InChI is InChI=1S/C10H15BrSi/c1-12(2,3)10-8-5-4-7(6-8)9(10)11/h4-5,7-8H,6H2,1-3H3. The van der Waals surface area contributed by atoms with Gasteiger partial charge in [0.2, 0.25) is 0 Å². The summed E-state index contributed by atoms with van der Waals surface area (Å²) in [5.74, 6) is 1.52. The lowest BCUT2D eigenvalue weighted by Gasteiger charge is -2.24. The van der Waals surface area contributed by atoms with E-state index in [2.05, 4.69) is 47.7 Å². The maximum absolute atomic E-state index is 3.76. The van der Waals surface area contributed by atoms with Crippen molar-refractivity contribution in [1.29, 1.82) is 0 Å². The molecule has 2 rings (SSSR count). The number of halogens is 1. The highest BCUT2D eigenvalue weighted by Gasteiger charge is 2.39. The highest BCUT2D eigenvalue weighted by molar-refractivity contribution is 9.11. The van der Waals surface area contributed by atoms with Gasteiger partial charge in [-0.25, -0.2) is 0 Å². The van der Waals surface area contributed by atoms with E-state index in [4.69, 9.17) is 0 Å². The van der Waals surface area contributed by atoms with Crippen LogP contribution < -0.4 is 0 Å². The van der Waals surface area contributed by atoms with Crippen LogP contribution in [0.5, 0.6) is 0 Å². The number of allylic oxidation sites excluding steroid dienone is 4. The normalized spacial score (nSPS) is 33.7. The van der Waals surface area contributed by atoms with Crippen molar-refractivity contribution in [2.75, 3.05) is 0 Å². The Morgan fingerprint density at radius 1 is 1.25 bits per heavy atom. The molecule has 0 nitrogen and oxygen atoms in total. The Balaban J connectivity index is 2.39. The fourth-order valence-electron chi connectivity index (χ4n) is 2.39. The van der Waals surface area contributed by atoms with Crippen LogP contribution in [-0.4, -0.2) is 8.07 Å². The van der Waals surface area contributed by atoms with Crippen molar-refractivity contribution in [3.05, 3.63) is 21.8 Å². The molecule has 0 aromatic heterocycles. The summed E-state index contributed by atoms with van der Waals surface area (Å²) in [6.07, 6.45) is 6.11. The molecule has 12 heavy (non-hydrogen) atoms. The highest BCUT2D eigenvalue weighted by Crippen LogP contribution is 2.49. The molecule has 0 saturated heterocycles. The van der Waals surface area contributed by atoms with E-state index in [1.807, 2.05) is 0 Å². The molecule has 0 spiro atoms. The van der Waals surface area contributed by atoms with Gasteiger partial charge in [-0.3, -0.25) is 0 Å². The first-order valence-electron chi connectivity index (χ1n) is 4.58. The zero-order chi connectivity index (χ0) is 8.93. The molecule has 0 amide bonds. The zero-order valence-corrected chi connectivity index (χ0v) is 10.5. The van der Waals surface area contributed by atoms with Gasteiger partial charge in [0.05, 0.1) is 8.07 Å². The third-order valence-electron chi connectivity index (χ3n) is 2.85. The molecule has 0 saturated carbocycles. The molecule has 2 bridgehead atoms. The third-order valence-corrected chi connectivity index (χ3v) is 6.48. The molecule has 66 valence electrons. The fourth-order valence-corrected chi connectivity index (χ4v) is 7.04. The van der Waals surface area contributed by atoms with Gasteiger partial charge in [0.15, 0.2) is 0 Å². The number of hydrogen-bond acceptors (Lipinski definition) is 0. The average molecular weight is 243 g/mol. The monoisotopic (exact) mass is 242 g/mol. The van der Waals surface area contributed by atoms with Crippen LogP contribution in [0.1, 0.15) is 6.42 Å². The van der Waals surface area contributed by atoms with E-state index in [-0.39, 0.29) is 0 Å². The van der Waals surface area contributed by atoms with E-state index in [0.29, 0.717) is 0 Å². The average Bonchev–Trinajstić information content (AvgIpc) is 2.42. The molecule has 0 aromatic carbocycles. The van der Waals surface area contributed by atoms with E-state index in [0.717, 1.165) is 11.8 Å². The number of fused-ring (bicyclic) bond motifs is 2. The van der Waals surface area contributed by atoms with Crippen LogP contribution in [0.25, 0.3) is 0 Å². The molecule has 2 heteroatoms. The Bertz CT molecular complexity index is 270. The second-order valence-corrected chi connectivity index (χ2v) is 10.7. The number of rotatable bonds is 1. The van der Waals surface area contributed by atoms with E-state index in [9.17, 15) is 0 Å². The summed E-state index contributed by atoms with van der Waals surface area (Å²) in [5.41, 5.74) is 0. The van der Waals surface area contributed by atoms with Gasteiger partial charge in [0.25, 0.3) is 0 Å². The van der Waals surface area contributed by atoms with E-state index in [1.54, 1.807) is 5.20 Å². The molecule has 0 aliphatic heterocycles. The highest BCUT2D eigenvalue weighted by atomic mass is 79.9. The first-order valence-corrected chi connectivity index (χ1v) is 8.88. The van der Waals surface area contributed by atoms with Crippen molar-refractivity contribution in [2.45, 2.75) is 26.1 Å².